The van der Waals surface area contributed by atoms with Crippen molar-refractivity contribution in [2.45, 2.75) is 64.5 Å². The number of nitrogens with zero attached hydrogens (tertiary/aromatic N) is 1. The lowest BCUT2D eigenvalue weighted by atomic mass is 9.78. The minimum atomic E-state index is -0.445. The lowest BCUT2D eigenvalue weighted by Crippen LogP contribution is -2.51. The van der Waals surface area contributed by atoms with Gasteiger partial charge in [0.05, 0.1) is 6.61 Å². The van der Waals surface area contributed by atoms with E-state index in [-0.39, 0.29) is 11.5 Å². The minimum absolute atomic E-state index is 0.0923. The van der Waals surface area contributed by atoms with Crippen molar-refractivity contribution < 1.29 is 14.3 Å². The van der Waals surface area contributed by atoms with Gasteiger partial charge in [-0.25, -0.2) is 4.79 Å². The molecule has 1 aliphatic carbocycles. The van der Waals surface area contributed by atoms with Gasteiger partial charge in [-0.2, -0.15) is 0 Å². The van der Waals surface area contributed by atoms with Crippen molar-refractivity contribution in [3.05, 3.63) is 0 Å². The lowest BCUT2D eigenvalue weighted by molar-refractivity contribution is -0.00757. The monoisotopic (exact) mass is 355 g/mol. The van der Waals surface area contributed by atoms with Crippen LogP contribution in [-0.2, 0) is 9.47 Å². The number of carbonyl (C=O) groups excluding carboxylic acids is 1. The fourth-order valence-corrected chi connectivity index (χ4v) is 4.10. The summed E-state index contributed by atoms with van der Waals surface area (Å²) < 4.78 is 11.0. The zero-order valence-electron chi connectivity index (χ0n) is 16.5. The van der Waals surface area contributed by atoms with E-state index < -0.39 is 5.60 Å². The van der Waals surface area contributed by atoms with Crippen LogP contribution in [0.3, 0.4) is 0 Å². The van der Waals surface area contributed by atoms with E-state index in [4.69, 9.17) is 15.2 Å². The van der Waals surface area contributed by atoms with Gasteiger partial charge < -0.3 is 25.4 Å². The highest BCUT2D eigenvalue weighted by Gasteiger charge is 2.38. The number of hydrogen-bond acceptors (Lipinski definition) is 5. The highest BCUT2D eigenvalue weighted by molar-refractivity contribution is 5.68. The van der Waals surface area contributed by atoms with E-state index in [0.29, 0.717) is 12.0 Å². The van der Waals surface area contributed by atoms with E-state index in [2.05, 4.69) is 5.32 Å². The molecule has 2 unspecified atom stereocenters. The number of amides is 1. The molecule has 0 spiro atoms. The van der Waals surface area contributed by atoms with Gasteiger partial charge in [0.1, 0.15) is 5.60 Å². The Morgan fingerprint density at radius 1 is 1.28 bits per heavy atom. The van der Waals surface area contributed by atoms with Gasteiger partial charge in [-0.15, -0.1) is 0 Å². The second kappa shape index (κ2) is 8.69. The van der Waals surface area contributed by atoms with Crippen molar-refractivity contribution in [3.8, 4) is 0 Å². The first-order valence-corrected chi connectivity index (χ1v) is 9.69. The van der Waals surface area contributed by atoms with Crippen LogP contribution in [0.15, 0.2) is 0 Å². The molecule has 146 valence electrons. The maximum Gasteiger partial charge on any atom is 0.410 e. The molecule has 0 aromatic heterocycles. The number of carbonyl (C=O) groups is 1. The first kappa shape index (κ1) is 20.5. The molecule has 2 fully saturated rings. The molecule has 6 nitrogen and oxygen atoms in total. The number of piperidine rings is 1. The predicted octanol–water partition coefficient (Wildman–Crippen LogP) is 2.37. The molecule has 2 aliphatic rings. The maximum absolute atomic E-state index is 12.3. The van der Waals surface area contributed by atoms with Crippen LogP contribution >= 0.6 is 0 Å². The Bertz CT molecular complexity index is 428. The molecule has 1 saturated carbocycles. The molecule has 25 heavy (non-hydrogen) atoms. The second-order valence-corrected chi connectivity index (χ2v) is 8.81. The Hall–Kier alpha value is -0.850. The quantitative estimate of drug-likeness (QED) is 0.765. The molecule has 0 bridgehead atoms. The average Bonchev–Trinajstić information content (AvgIpc) is 3.00. The van der Waals surface area contributed by atoms with E-state index in [1.165, 1.54) is 19.3 Å². The number of methoxy groups -OCH3 is 1. The summed E-state index contributed by atoms with van der Waals surface area (Å²) in [7, 11) is 1.76. The first-order chi connectivity index (χ1) is 11.8. The molecule has 1 saturated heterocycles. The first-order valence-electron chi connectivity index (χ1n) is 9.69. The molecule has 0 radical (unpaired) electrons. The maximum atomic E-state index is 12.3. The Morgan fingerprint density at radius 3 is 2.52 bits per heavy atom. The van der Waals surface area contributed by atoms with E-state index in [0.717, 1.165) is 45.6 Å². The average molecular weight is 356 g/mol. The molecule has 3 N–H and O–H groups in total. The Labute approximate surface area is 152 Å². The number of nitrogens with two attached hydrogens (primary N) is 1. The number of nitrogens with one attached hydrogen (secondary N) is 1. The normalized spacial score (nSPS) is 26.7. The summed E-state index contributed by atoms with van der Waals surface area (Å²) in [6.07, 6.45) is 5.39. The summed E-state index contributed by atoms with van der Waals surface area (Å²) in [5.74, 6) is 0.599. The molecular formula is C19H37N3O3. The van der Waals surface area contributed by atoms with Crippen molar-refractivity contribution in [2.75, 3.05) is 39.9 Å². The summed E-state index contributed by atoms with van der Waals surface area (Å²) in [5.41, 5.74) is 5.55. The van der Waals surface area contributed by atoms with Gasteiger partial charge in [-0.3, -0.25) is 0 Å². The molecule has 1 heterocycles. The Morgan fingerprint density at radius 2 is 1.96 bits per heavy atom. The van der Waals surface area contributed by atoms with Gasteiger partial charge in [0.2, 0.25) is 0 Å². The van der Waals surface area contributed by atoms with Crippen molar-refractivity contribution in [2.24, 2.45) is 17.1 Å². The number of likely N-dealkylation sites (tertiary alicyclic amines) is 1. The van der Waals surface area contributed by atoms with E-state index in [1.54, 1.807) is 7.11 Å². The van der Waals surface area contributed by atoms with Crippen LogP contribution in [0.1, 0.15) is 52.9 Å². The summed E-state index contributed by atoms with van der Waals surface area (Å²) in [6.45, 7) is 9.60. The molecular weight excluding hydrogens is 318 g/mol. The lowest BCUT2D eigenvalue weighted by Gasteiger charge is -2.42. The van der Waals surface area contributed by atoms with Crippen LogP contribution in [0, 0.1) is 11.3 Å². The van der Waals surface area contributed by atoms with Gasteiger partial charge >= 0.3 is 6.09 Å². The van der Waals surface area contributed by atoms with Crippen molar-refractivity contribution >= 4 is 6.09 Å². The molecule has 0 aromatic rings. The zero-order chi connectivity index (χ0) is 18.5. The largest absolute Gasteiger partial charge is 0.444 e. The van der Waals surface area contributed by atoms with Crippen LogP contribution in [0.2, 0.25) is 0 Å². The van der Waals surface area contributed by atoms with Gasteiger partial charge in [-0.1, -0.05) is 6.42 Å². The summed E-state index contributed by atoms with van der Waals surface area (Å²) >= 11 is 0. The molecule has 2 rings (SSSR count). The third-order valence-corrected chi connectivity index (χ3v) is 5.63. The van der Waals surface area contributed by atoms with Crippen LogP contribution in [0.4, 0.5) is 4.79 Å². The molecule has 1 aliphatic heterocycles. The molecule has 6 heteroatoms. The van der Waals surface area contributed by atoms with Crippen LogP contribution in [-0.4, -0.2) is 62.5 Å². The SMILES string of the molecule is COCC1(CNC2CCCC2CN)CCN(C(=O)OC(C)(C)C)CC1. The fourth-order valence-electron chi connectivity index (χ4n) is 4.10. The number of ether oxygens (including phenoxy) is 2. The number of rotatable bonds is 6. The van der Waals surface area contributed by atoms with E-state index in [1.807, 2.05) is 25.7 Å². The Balaban J connectivity index is 1.88. The third-order valence-electron chi connectivity index (χ3n) is 5.63. The second-order valence-electron chi connectivity index (χ2n) is 8.81. The van der Waals surface area contributed by atoms with Gasteiger partial charge in [0.15, 0.2) is 0 Å². The molecule has 1 amide bonds. The highest BCUT2D eigenvalue weighted by atomic mass is 16.6. The van der Waals surface area contributed by atoms with Gasteiger partial charge in [0, 0.05) is 38.2 Å². The smallest absolute Gasteiger partial charge is 0.410 e. The summed E-state index contributed by atoms with van der Waals surface area (Å²) in [5, 5.41) is 3.77. The van der Waals surface area contributed by atoms with Gasteiger partial charge in [0.25, 0.3) is 0 Å². The van der Waals surface area contributed by atoms with Gasteiger partial charge in [-0.05, 0) is 58.9 Å². The third kappa shape index (κ3) is 5.83. The topological polar surface area (TPSA) is 76.8 Å². The van der Waals surface area contributed by atoms with Crippen molar-refractivity contribution in [3.63, 3.8) is 0 Å². The fraction of sp³-hybridized carbons (Fsp3) is 0.947. The zero-order valence-corrected chi connectivity index (χ0v) is 16.5. The highest BCUT2D eigenvalue weighted by Crippen LogP contribution is 2.33. The Kier molecular flexibility index (Phi) is 7.11. The molecule has 0 aromatic carbocycles. The number of hydrogen-bond donors (Lipinski definition) is 2. The van der Waals surface area contributed by atoms with Crippen LogP contribution in [0.25, 0.3) is 0 Å². The summed E-state index contributed by atoms with van der Waals surface area (Å²) in [4.78, 5) is 14.1. The van der Waals surface area contributed by atoms with Crippen LogP contribution in [0.5, 0.6) is 0 Å². The van der Waals surface area contributed by atoms with Crippen LogP contribution < -0.4 is 11.1 Å². The van der Waals surface area contributed by atoms with Crippen molar-refractivity contribution in [1.82, 2.24) is 10.2 Å². The standard InChI is InChI=1S/C19H37N3O3/c1-18(2,3)25-17(23)22-10-8-19(9-11-22,14-24-4)13-21-16-7-5-6-15(16)12-20/h15-16,21H,5-14,20H2,1-4H3. The van der Waals surface area contributed by atoms with Crippen molar-refractivity contribution in [1.29, 1.82) is 0 Å². The minimum Gasteiger partial charge on any atom is -0.444 e. The van der Waals surface area contributed by atoms with E-state index in [9.17, 15) is 4.79 Å². The molecule has 2 atom stereocenters. The van der Waals surface area contributed by atoms with E-state index >= 15 is 0 Å². The predicted molar refractivity (Wildman–Crippen MR) is 99.5 cm³/mol. The summed E-state index contributed by atoms with van der Waals surface area (Å²) in [6, 6.07) is 0.530.